The highest BCUT2D eigenvalue weighted by Gasteiger charge is 2.13. The zero-order valence-electron chi connectivity index (χ0n) is 7.44. The molecule has 1 aromatic carbocycles. The fourth-order valence-corrected chi connectivity index (χ4v) is 1.34. The molecule has 0 bridgehead atoms. The topological polar surface area (TPSA) is 46.6 Å². The molecule has 5 heteroatoms. The van der Waals surface area contributed by atoms with Gasteiger partial charge in [-0.15, -0.1) is 3.28 Å². The maximum atomic E-state index is 11.5. The van der Waals surface area contributed by atoms with Crippen molar-refractivity contribution in [3.63, 3.8) is 0 Å². The smallest absolute Gasteiger partial charge is 0.321 e. The minimum atomic E-state index is -0.360. The number of amides is 1. The van der Waals surface area contributed by atoms with Crippen LogP contribution in [0.5, 0.6) is 0 Å². The highest BCUT2D eigenvalue weighted by Crippen LogP contribution is 2.10. The first-order valence-electron chi connectivity index (χ1n) is 3.82. The number of rotatable bonds is 3. The van der Waals surface area contributed by atoms with Gasteiger partial charge < -0.3 is 4.84 Å². The molecular formula is C9H8INO3. The summed E-state index contributed by atoms with van der Waals surface area (Å²) >= 11 is 1.61. The normalized spacial score (nSPS) is 9.29. The monoisotopic (exact) mass is 305 g/mol. The molecule has 0 aliphatic rings. The van der Waals surface area contributed by atoms with E-state index in [2.05, 4.69) is 4.84 Å². The molecular weight excluding hydrogens is 297 g/mol. The second-order valence-electron chi connectivity index (χ2n) is 2.62. The quantitative estimate of drug-likeness (QED) is 0.371. The first-order chi connectivity index (χ1) is 6.65. The Kier molecular flexibility index (Phi) is 3.87. The van der Waals surface area contributed by atoms with Crippen LogP contribution in [-0.2, 0) is 9.63 Å². The Labute approximate surface area is 95.3 Å². The van der Waals surface area contributed by atoms with Crippen molar-refractivity contribution in [2.24, 2.45) is 0 Å². The van der Waals surface area contributed by atoms with Gasteiger partial charge in [-0.25, -0.2) is 0 Å². The average Bonchev–Trinajstić information content (AvgIpc) is 2.17. The minimum absolute atomic E-state index is 0.208. The zero-order chi connectivity index (χ0) is 10.6. The first kappa shape index (κ1) is 11.0. The molecule has 0 atom stereocenters. The molecule has 0 fully saturated rings. The number of hydroxylamine groups is 1. The van der Waals surface area contributed by atoms with Gasteiger partial charge in [0.2, 0.25) is 0 Å². The van der Waals surface area contributed by atoms with Crippen LogP contribution >= 0.6 is 22.9 Å². The highest BCUT2D eigenvalue weighted by molar-refractivity contribution is 14.1. The summed E-state index contributed by atoms with van der Waals surface area (Å²) in [6, 6.07) is 7.04. The van der Waals surface area contributed by atoms with Gasteiger partial charge in [0, 0.05) is 5.56 Å². The van der Waals surface area contributed by atoms with Gasteiger partial charge in [0.25, 0.3) is 5.91 Å². The Balaban J connectivity index is 2.83. The first-order valence-corrected chi connectivity index (χ1v) is 4.79. The third-order valence-corrected chi connectivity index (χ3v) is 2.23. The van der Waals surface area contributed by atoms with Gasteiger partial charge in [-0.3, -0.25) is 9.59 Å². The van der Waals surface area contributed by atoms with E-state index in [9.17, 15) is 9.59 Å². The number of benzene rings is 1. The van der Waals surface area contributed by atoms with Crippen LogP contribution in [0.25, 0.3) is 0 Å². The minimum Gasteiger partial charge on any atom is -0.332 e. The predicted molar refractivity (Wildman–Crippen MR) is 58.5 cm³/mol. The fourth-order valence-electron chi connectivity index (χ4n) is 0.965. The molecule has 0 aliphatic heterocycles. The average molecular weight is 305 g/mol. The van der Waals surface area contributed by atoms with E-state index in [0.29, 0.717) is 5.56 Å². The van der Waals surface area contributed by atoms with Gasteiger partial charge in [-0.1, -0.05) is 17.7 Å². The van der Waals surface area contributed by atoms with Crippen LogP contribution in [0.2, 0.25) is 0 Å². The summed E-state index contributed by atoms with van der Waals surface area (Å²) in [4.78, 5) is 25.9. The van der Waals surface area contributed by atoms with Crippen molar-refractivity contribution in [3.8, 4) is 0 Å². The maximum absolute atomic E-state index is 11.5. The third kappa shape index (κ3) is 2.69. The molecule has 14 heavy (non-hydrogen) atoms. The summed E-state index contributed by atoms with van der Waals surface area (Å²) in [5.74, 6) is -0.360. The van der Waals surface area contributed by atoms with Gasteiger partial charge in [0.1, 0.15) is 22.9 Å². The molecule has 1 rings (SSSR count). The van der Waals surface area contributed by atoms with E-state index < -0.39 is 0 Å². The van der Waals surface area contributed by atoms with E-state index >= 15 is 0 Å². The summed E-state index contributed by atoms with van der Waals surface area (Å²) in [6.45, 7) is 2.09. The Morgan fingerprint density at radius 1 is 1.57 bits per heavy atom. The number of halogens is 1. The standard InChI is InChI=1S/C9H8INO3/c1-7-3-2-4-8(5-7)9(13)11(10)14-6-12/h2-6H,1H3. The van der Waals surface area contributed by atoms with Crippen molar-refractivity contribution in [1.82, 2.24) is 3.28 Å². The van der Waals surface area contributed by atoms with Crippen molar-refractivity contribution in [1.29, 1.82) is 0 Å². The molecule has 0 aliphatic carbocycles. The molecule has 0 saturated carbocycles. The Hall–Kier alpha value is -1.11. The number of hydrogen-bond acceptors (Lipinski definition) is 3. The van der Waals surface area contributed by atoms with Crippen LogP contribution in [0.1, 0.15) is 15.9 Å². The number of hydrogen-bond donors (Lipinski definition) is 0. The second-order valence-corrected chi connectivity index (χ2v) is 3.50. The number of nitrogens with zero attached hydrogens (tertiary/aromatic N) is 1. The molecule has 0 spiro atoms. The molecule has 0 N–H and O–H groups in total. The molecule has 74 valence electrons. The highest BCUT2D eigenvalue weighted by atomic mass is 127. The molecule has 1 aromatic rings. The third-order valence-electron chi connectivity index (χ3n) is 1.56. The van der Waals surface area contributed by atoms with Gasteiger partial charge in [0.15, 0.2) is 0 Å². The van der Waals surface area contributed by atoms with Crippen LogP contribution in [-0.4, -0.2) is 15.7 Å². The Morgan fingerprint density at radius 2 is 2.29 bits per heavy atom. The molecule has 0 saturated heterocycles. The van der Waals surface area contributed by atoms with Crippen LogP contribution in [0, 0.1) is 6.92 Å². The Bertz CT molecular complexity index is 354. The number of aryl methyl sites for hydroxylation is 1. The van der Waals surface area contributed by atoms with Gasteiger partial charge >= 0.3 is 6.47 Å². The lowest BCUT2D eigenvalue weighted by atomic mass is 10.1. The fraction of sp³-hybridized carbons (Fsp3) is 0.111. The summed E-state index contributed by atoms with van der Waals surface area (Å²) in [5, 5.41) is 0. The van der Waals surface area contributed by atoms with Gasteiger partial charge in [-0.05, 0) is 19.1 Å². The van der Waals surface area contributed by atoms with Crippen molar-refractivity contribution in [3.05, 3.63) is 35.4 Å². The van der Waals surface area contributed by atoms with Crippen LogP contribution < -0.4 is 0 Å². The van der Waals surface area contributed by atoms with Crippen molar-refractivity contribution < 1.29 is 14.4 Å². The van der Waals surface area contributed by atoms with E-state index in [1.165, 1.54) is 0 Å². The van der Waals surface area contributed by atoms with E-state index in [1.807, 2.05) is 13.0 Å². The second kappa shape index (κ2) is 4.94. The van der Waals surface area contributed by atoms with Crippen molar-refractivity contribution >= 4 is 35.2 Å². The molecule has 0 radical (unpaired) electrons. The number of carbonyl (C=O) groups excluding carboxylic acids is 2. The van der Waals surface area contributed by atoms with E-state index in [1.54, 1.807) is 41.1 Å². The van der Waals surface area contributed by atoms with Crippen LogP contribution in [0.3, 0.4) is 0 Å². The lowest BCUT2D eigenvalue weighted by Crippen LogP contribution is -2.20. The molecule has 0 heterocycles. The summed E-state index contributed by atoms with van der Waals surface area (Å²) in [7, 11) is 0. The summed E-state index contributed by atoms with van der Waals surface area (Å²) in [5.41, 5.74) is 1.47. The lowest BCUT2D eigenvalue weighted by molar-refractivity contribution is -0.142. The number of carbonyl (C=O) groups is 2. The van der Waals surface area contributed by atoms with E-state index in [4.69, 9.17) is 0 Å². The Morgan fingerprint density at radius 3 is 2.86 bits per heavy atom. The van der Waals surface area contributed by atoms with Crippen molar-refractivity contribution in [2.45, 2.75) is 6.92 Å². The zero-order valence-corrected chi connectivity index (χ0v) is 9.59. The molecule has 0 unspecified atom stereocenters. The van der Waals surface area contributed by atoms with Gasteiger partial charge in [-0.2, -0.15) is 0 Å². The predicted octanol–water partition coefficient (Wildman–Crippen LogP) is 1.88. The summed E-state index contributed by atoms with van der Waals surface area (Å²) in [6.07, 6.45) is 0. The lowest BCUT2D eigenvalue weighted by Gasteiger charge is -2.10. The SMILES string of the molecule is Cc1cccc(C(=O)N(I)OC=O)c1. The summed E-state index contributed by atoms with van der Waals surface area (Å²) < 4.78 is 0.861. The molecule has 4 nitrogen and oxygen atoms in total. The molecule has 0 aromatic heterocycles. The van der Waals surface area contributed by atoms with E-state index in [0.717, 1.165) is 8.84 Å². The maximum Gasteiger partial charge on any atom is 0.321 e. The van der Waals surface area contributed by atoms with E-state index in [-0.39, 0.29) is 12.4 Å². The molecule has 1 amide bonds. The van der Waals surface area contributed by atoms with Crippen molar-refractivity contribution in [2.75, 3.05) is 0 Å². The van der Waals surface area contributed by atoms with Crippen LogP contribution in [0.15, 0.2) is 24.3 Å². The van der Waals surface area contributed by atoms with Crippen LogP contribution in [0.4, 0.5) is 0 Å². The largest absolute Gasteiger partial charge is 0.332 e. The van der Waals surface area contributed by atoms with Gasteiger partial charge in [0.05, 0.1) is 0 Å².